The van der Waals surface area contributed by atoms with Crippen LogP contribution in [0.25, 0.3) is 5.65 Å². The highest BCUT2D eigenvalue weighted by molar-refractivity contribution is 6.30. The number of fused-ring (bicyclic) bond motifs is 1. The van der Waals surface area contributed by atoms with Crippen LogP contribution in [-0.2, 0) is 11.2 Å². The van der Waals surface area contributed by atoms with Gasteiger partial charge in [-0.05, 0) is 30.2 Å². The summed E-state index contributed by atoms with van der Waals surface area (Å²) in [5, 5.41) is 7.65. The van der Waals surface area contributed by atoms with Gasteiger partial charge in [0.1, 0.15) is 5.82 Å². The number of aryl methyl sites for hydroxylation is 1. The van der Waals surface area contributed by atoms with Gasteiger partial charge in [-0.1, -0.05) is 23.7 Å². The minimum Gasteiger partial charge on any atom is -0.311 e. The molecule has 0 radical (unpaired) electrons. The fourth-order valence-electron chi connectivity index (χ4n) is 2.08. The molecule has 106 valence electrons. The number of carbonyl (C=O) groups excluding carboxylic acids is 1. The van der Waals surface area contributed by atoms with Crippen molar-refractivity contribution in [3.8, 4) is 0 Å². The molecule has 0 unspecified atom stereocenters. The molecule has 0 aliphatic heterocycles. The largest absolute Gasteiger partial charge is 0.311 e. The van der Waals surface area contributed by atoms with Gasteiger partial charge in [0, 0.05) is 23.7 Å². The maximum atomic E-state index is 12.0. The van der Waals surface area contributed by atoms with E-state index in [2.05, 4.69) is 15.4 Å². The van der Waals surface area contributed by atoms with E-state index in [4.69, 9.17) is 11.6 Å². The lowest BCUT2D eigenvalue weighted by molar-refractivity contribution is -0.116. The van der Waals surface area contributed by atoms with E-state index in [1.807, 2.05) is 24.3 Å². The molecule has 0 aliphatic carbocycles. The highest BCUT2D eigenvalue weighted by Crippen LogP contribution is 2.13. The monoisotopic (exact) mass is 300 g/mol. The van der Waals surface area contributed by atoms with Crippen LogP contribution >= 0.6 is 11.6 Å². The van der Waals surface area contributed by atoms with Crippen LogP contribution in [0.3, 0.4) is 0 Å². The van der Waals surface area contributed by atoms with Gasteiger partial charge in [0.2, 0.25) is 5.91 Å². The maximum absolute atomic E-state index is 12.0. The molecule has 21 heavy (non-hydrogen) atoms. The van der Waals surface area contributed by atoms with Crippen molar-refractivity contribution < 1.29 is 4.79 Å². The van der Waals surface area contributed by atoms with Crippen LogP contribution in [0.5, 0.6) is 0 Å². The lowest BCUT2D eigenvalue weighted by Gasteiger charge is -2.07. The van der Waals surface area contributed by atoms with Crippen molar-refractivity contribution in [2.24, 2.45) is 0 Å². The Hall–Kier alpha value is -2.40. The quantitative estimate of drug-likeness (QED) is 0.806. The standard InChI is InChI=1S/C15H13ClN4O/c16-12-3-1-2-11(10-12)4-5-15(21)19-14-6-8-17-13-7-9-18-20(13)14/h1-3,6-10H,4-5H2,(H,19,21). The van der Waals surface area contributed by atoms with Crippen molar-refractivity contribution >= 4 is 29.0 Å². The number of hydrogen-bond donors (Lipinski definition) is 1. The highest BCUT2D eigenvalue weighted by atomic mass is 35.5. The molecule has 0 saturated carbocycles. The van der Waals surface area contributed by atoms with E-state index in [9.17, 15) is 4.79 Å². The summed E-state index contributed by atoms with van der Waals surface area (Å²) in [6.07, 6.45) is 4.30. The van der Waals surface area contributed by atoms with Gasteiger partial charge in [-0.25, -0.2) is 4.98 Å². The van der Waals surface area contributed by atoms with Crippen LogP contribution in [0, 0.1) is 0 Å². The van der Waals surface area contributed by atoms with Gasteiger partial charge in [0.15, 0.2) is 5.65 Å². The molecule has 0 saturated heterocycles. The second kappa shape index (κ2) is 5.93. The number of anilines is 1. The van der Waals surface area contributed by atoms with Gasteiger partial charge in [-0.15, -0.1) is 0 Å². The summed E-state index contributed by atoms with van der Waals surface area (Å²) >= 11 is 5.92. The third kappa shape index (κ3) is 3.20. The Morgan fingerprint density at radius 3 is 3.00 bits per heavy atom. The maximum Gasteiger partial charge on any atom is 0.225 e. The fraction of sp³-hybridized carbons (Fsp3) is 0.133. The third-order valence-electron chi connectivity index (χ3n) is 3.09. The zero-order chi connectivity index (χ0) is 14.7. The number of nitrogens with one attached hydrogen (secondary N) is 1. The molecule has 3 rings (SSSR count). The Labute approximate surface area is 126 Å². The first-order chi connectivity index (χ1) is 10.2. The SMILES string of the molecule is O=C(CCc1cccc(Cl)c1)Nc1ccnc2ccnn12. The Morgan fingerprint density at radius 1 is 1.24 bits per heavy atom. The second-order valence-corrected chi connectivity index (χ2v) is 5.05. The summed E-state index contributed by atoms with van der Waals surface area (Å²) in [5.41, 5.74) is 1.74. The molecule has 0 atom stereocenters. The first-order valence-electron chi connectivity index (χ1n) is 6.55. The molecule has 2 heterocycles. The number of rotatable bonds is 4. The van der Waals surface area contributed by atoms with Gasteiger partial charge < -0.3 is 5.32 Å². The van der Waals surface area contributed by atoms with Crippen LogP contribution in [0.2, 0.25) is 5.02 Å². The molecule has 6 heteroatoms. The minimum atomic E-state index is -0.0713. The number of amides is 1. The minimum absolute atomic E-state index is 0.0713. The average molecular weight is 301 g/mol. The van der Waals surface area contributed by atoms with Crippen molar-refractivity contribution in [2.75, 3.05) is 5.32 Å². The summed E-state index contributed by atoms with van der Waals surface area (Å²) in [5.74, 6) is 0.541. The molecule has 5 nitrogen and oxygen atoms in total. The molecule has 0 bridgehead atoms. The van der Waals surface area contributed by atoms with Crippen molar-refractivity contribution in [3.63, 3.8) is 0 Å². The zero-order valence-corrected chi connectivity index (χ0v) is 11.9. The Balaban J connectivity index is 1.65. The second-order valence-electron chi connectivity index (χ2n) is 4.61. The van der Waals surface area contributed by atoms with E-state index in [1.165, 1.54) is 0 Å². The summed E-state index contributed by atoms with van der Waals surface area (Å²) in [7, 11) is 0. The van der Waals surface area contributed by atoms with Gasteiger partial charge in [0.25, 0.3) is 0 Å². The van der Waals surface area contributed by atoms with Gasteiger partial charge >= 0.3 is 0 Å². The Morgan fingerprint density at radius 2 is 2.14 bits per heavy atom. The normalized spacial score (nSPS) is 10.7. The number of aromatic nitrogens is 3. The van der Waals surface area contributed by atoms with Crippen molar-refractivity contribution in [2.45, 2.75) is 12.8 Å². The predicted molar refractivity (Wildman–Crippen MR) is 81.4 cm³/mol. The van der Waals surface area contributed by atoms with Crippen molar-refractivity contribution in [1.29, 1.82) is 0 Å². The molecular formula is C15H13ClN4O. The van der Waals surface area contributed by atoms with Gasteiger partial charge in [-0.3, -0.25) is 4.79 Å². The third-order valence-corrected chi connectivity index (χ3v) is 3.32. The van der Waals surface area contributed by atoms with Crippen LogP contribution < -0.4 is 5.32 Å². The summed E-state index contributed by atoms with van der Waals surface area (Å²) in [4.78, 5) is 16.2. The lowest BCUT2D eigenvalue weighted by Crippen LogP contribution is -2.15. The van der Waals surface area contributed by atoms with Crippen LogP contribution in [0.4, 0.5) is 5.82 Å². The van der Waals surface area contributed by atoms with Crippen LogP contribution in [-0.4, -0.2) is 20.5 Å². The molecular weight excluding hydrogens is 288 g/mol. The molecule has 2 aromatic heterocycles. The Bertz CT molecular complexity index is 784. The smallest absolute Gasteiger partial charge is 0.225 e. The van der Waals surface area contributed by atoms with E-state index < -0.39 is 0 Å². The summed E-state index contributed by atoms with van der Waals surface area (Å²) in [6.45, 7) is 0. The molecule has 1 amide bonds. The van der Waals surface area contributed by atoms with Crippen LogP contribution in [0.1, 0.15) is 12.0 Å². The first-order valence-corrected chi connectivity index (χ1v) is 6.93. The number of hydrogen-bond acceptors (Lipinski definition) is 3. The predicted octanol–water partition coefficient (Wildman–Crippen LogP) is 2.95. The number of benzene rings is 1. The van der Waals surface area contributed by atoms with E-state index >= 15 is 0 Å². The summed E-state index contributed by atoms with van der Waals surface area (Å²) < 4.78 is 1.59. The molecule has 1 aromatic carbocycles. The lowest BCUT2D eigenvalue weighted by atomic mass is 10.1. The number of halogens is 1. The number of nitrogens with zero attached hydrogens (tertiary/aromatic N) is 3. The van der Waals surface area contributed by atoms with E-state index in [0.29, 0.717) is 29.3 Å². The van der Waals surface area contributed by atoms with Crippen molar-refractivity contribution in [1.82, 2.24) is 14.6 Å². The average Bonchev–Trinajstić information content (AvgIpc) is 2.95. The summed E-state index contributed by atoms with van der Waals surface area (Å²) in [6, 6.07) is 11.0. The molecule has 3 aromatic rings. The van der Waals surface area contributed by atoms with Gasteiger partial charge in [0.05, 0.1) is 6.20 Å². The molecule has 1 N–H and O–H groups in total. The number of carbonyl (C=O) groups is 1. The molecule has 0 fully saturated rings. The van der Waals surface area contributed by atoms with E-state index in [-0.39, 0.29) is 5.91 Å². The highest BCUT2D eigenvalue weighted by Gasteiger charge is 2.07. The Kier molecular flexibility index (Phi) is 3.83. The fourth-order valence-corrected chi connectivity index (χ4v) is 2.30. The van der Waals surface area contributed by atoms with E-state index in [0.717, 1.165) is 5.56 Å². The van der Waals surface area contributed by atoms with Gasteiger partial charge in [-0.2, -0.15) is 9.61 Å². The molecule has 0 aliphatic rings. The van der Waals surface area contributed by atoms with E-state index in [1.54, 1.807) is 29.0 Å². The topological polar surface area (TPSA) is 59.3 Å². The molecule has 0 spiro atoms. The first kappa shape index (κ1) is 13.6. The van der Waals surface area contributed by atoms with Crippen LogP contribution in [0.15, 0.2) is 48.8 Å². The zero-order valence-electron chi connectivity index (χ0n) is 11.2. The van der Waals surface area contributed by atoms with Crippen molar-refractivity contribution in [3.05, 3.63) is 59.4 Å².